The van der Waals surface area contributed by atoms with Gasteiger partial charge < -0.3 is 10.1 Å². The molecule has 0 spiro atoms. The van der Waals surface area contributed by atoms with Crippen molar-refractivity contribution in [3.8, 4) is 0 Å². The molecule has 0 aliphatic carbocycles. The molecule has 0 radical (unpaired) electrons. The lowest BCUT2D eigenvalue weighted by Crippen LogP contribution is -2.30. The molecule has 0 aliphatic heterocycles. The van der Waals surface area contributed by atoms with Gasteiger partial charge in [-0.25, -0.2) is 4.79 Å². The SMILES string of the molecule is Cc1ccccc1C(=O)O[C@@H](C)C(=O)Nc1ccccc1[N+](=O)[O-]. The normalized spacial score (nSPS) is 11.4. The lowest BCUT2D eigenvalue weighted by Gasteiger charge is -2.14. The van der Waals surface area contributed by atoms with Crippen LogP contribution in [-0.2, 0) is 9.53 Å². The zero-order valence-corrected chi connectivity index (χ0v) is 13.2. The number of para-hydroxylation sites is 2. The van der Waals surface area contributed by atoms with Gasteiger partial charge in [0.2, 0.25) is 0 Å². The number of nitro benzene ring substituents is 1. The van der Waals surface area contributed by atoms with Crippen LogP contribution in [0.2, 0.25) is 0 Å². The first-order valence-corrected chi connectivity index (χ1v) is 7.21. The van der Waals surface area contributed by atoms with Crippen LogP contribution in [0.25, 0.3) is 0 Å². The molecular weight excluding hydrogens is 312 g/mol. The third kappa shape index (κ3) is 3.95. The molecule has 0 unspecified atom stereocenters. The van der Waals surface area contributed by atoms with Crippen LogP contribution in [0.4, 0.5) is 11.4 Å². The highest BCUT2D eigenvalue weighted by Crippen LogP contribution is 2.23. The van der Waals surface area contributed by atoms with E-state index in [1.54, 1.807) is 37.3 Å². The molecule has 0 saturated carbocycles. The Kier molecular flexibility index (Phi) is 5.26. The standard InChI is InChI=1S/C17H16N2O5/c1-11-7-3-4-8-13(11)17(21)24-12(2)16(20)18-14-9-5-6-10-15(14)19(22)23/h3-10,12H,1-2H3,(H,18,20)/t12-/m0/s1. The van der Waals surface area contributed by atoms with Gasteiger partial charge in [0.25, 0.3) is 11.6 Å². The molecule has 0 aliphatic rings. The number of ether oxygens (including phenoxy) is 1. The molecule has 1 atom stereocenters. The number of esters is 1. The Balaban J connectivity index is 2.07. The second-order valence-corrected chi connectivity index (χ2v) is 5.13. The number of anilines is 1. The zero-order valence-electron chi connectivity index (χ0n) is 13.2. The quantitative estimate of drug-likeness (QED) is 0.516. The van der Waals surface area contributed by atoms with Gasteiger partial charge >= 0.3 is 5.97 Å². The molecule has 0 fully saturated rings. The Hall–Kier alpha value is -3.22. The molecule has 0 bridgehead atoms. The second kappa shape index (κ2) is 7.36. The topological polar surface area (TPSA) is 98.5 Å². The van der Waals surface area contributed by atoms with Crippen LogP contribution in [0.15, 0.2) is 48.5 Å². The monoisotopic (exact) mass is 328 g/mol. The van der Waals surface area contributed by atoms with Crippen molar-refractivity contribution in [2.45, 2.75) is 20.0 Å². The van der Waals surface area contributed by atoms with E-state index < -0.39 is 22.9 Å². The summed E-state index contributed by atoms with van der Waals surface area (Å²) >= 11 is 0. The number of nitrogens with one attached hydrogen (secondary N) is 1. The zero-order chi connectivity index (χ0) is 17.7. The highest BCUT2D eigenvalue weighted by molar-refractivity contribution is 5.98. The Morgan fingerprint density at radius 3 is 2.42 bits per heavy atom. The summed E-state index contributed by atoms with van der Waals surface area (Å²) in [6.07, 6.45) is -1.10. The fourth-order valence-electron chi connectivity index (χ4n) is 2.05. The number of rotatable bonds is 5. The summed E-state index contributed by atoms with van der Waals surface area (Å²) in [5.74, 6) is -1.27. The van der Waals surface area contributed by atoms with Gasteiger partial charge in [-0.2, -0.15) is 0 Å². The minimum Gasteiger partial charge on any atom is -0.449 e. The first-order valence-electron chi connectivity index (χ1n) is 7.21. The van der Waals surface area contributed by atoms with Crippen molar-refractivity contribution in [3.05, 3.63) is 69.8 Å². The van der Waals surface area contributed by atoms with Crippen molar-refractivity contribution in [3.63, 3.8) is 0 Å². The van der Waals surface area contributed by atoms with Gasteiger partial charge in [-0.3, -0.25) is 14.9 Å². The van der Waals surface area contributed by atoms with Crippen LogP contribution in [0.5, 0.6) is 0 Å². The number of hydrogen-bond acceptors (Lipinski definition) is 5. The van der Waals surface area contributed by atoms with Gasteiger partial charge in [-0.1, -0.05) is 30.3 Å². The fourth-order valence-corrected chi connectivity index (χ4v) is 2.05. The summed E-state index contributed by atoms with van der Waals surface area (Å²) in [6, 6.07) is 12.6. The Morgan fingerprint density at radius 2 is 1.75 bits per heavy atom. The van der Waals surface area contributed by atoms with Crippen molar-refractivity contribution in [1.82, 2.24) is 0 Å². The average Bonchev–Trinajstić information content (AvgIpc) is 2.55. The summed E-state index contributed by atoms with van der Waals surface area (Å²) < 4.78 is 5.13. The third-order valence-electron chi connectivity index (χ3n) is 3.38. The van der Waals surface area contributed by atoms with Crippen LogP contribution in [0.3, 0.4) is 0 Å². The number of nitro groups is 1. The summed E-state index contributed by atoms with van der Waals surface area (Å²) in [4.78, 5) is 34.6. The smallest absolute Gasteiger partial charge is 0.339 e. The summed E-state index contributed by atoms with van der Waals surface area (Å²) in [5.41, 5.74) is 0.909. The lowest BCUT2D eigenvalue weighted by atomic mass is 10.1. The minimum atomic E-state index is -1.10. The van der Waals surface area contributed by atoms with Crippen molar-refractivity contribution < 1.29 is 19.2 Å². The third-order valence-corrected chi connectivity index (χ3v) is 3.38. The molecule has 7 nitrogen and oxygen atoms in total. The molecule has 2 aromatic carbocycles. The largest absolute Gasteiger partial charge is 0.449 e. The Labute approximate surface area is 138 Å². The summed E-state index contributed by atoms with van der Waals surface area (Å²) in [6.45, 7) is 3.16. The van der Waals surface area contributed by atoms with Crippen LogP contribution >= 0.6 is 0 Å². The second-order valence-electron chi connectivity index (χ2n) is 5.13. The van der Waals surface area contributed by atoms with E-state index in [2.05, 4.69) is 5.32 Å². The highest BCUT2D eigenvalue weighted by Gasteiger charge is 2.22. The number of hydrogen-bond donors (Lipinski definition) is 1. The van der Waals surface area contributed by atoms with Gasteiger partial charge in [0.15, 0.2) is 6.10 Å². The van der Waals surface area contributed by atoms with Crippen molar-refractivity contribution in [2.24, 2.45) is 0 Å². The van der Waals surface area contributed by atoms with Crippen LogP contribution in [0.1, 0.15) is 22.8 Å². The summed E-state index contributed by atoms with van der Waals surface area (Å²) in [7, 11) is 0. The van der Waals surface area contributed by atoms with E-state index in [-0.39, 0.29) is 11.4 Å². The van der Waals surface area contributed by atoms with E-state index in [4.69, 9.17) is 4.74 Å². The molecule has 0 saturated heterocycles. The molecule has 1 N–H and O–H groups in total. The predicted octanol–water partition coefficient (Wildman–Crippen LogP) is 3.09. The molecule has 0 aromatic heterocycles. The predicted molar refractivity (Wildman–Crippen MR) is 87.8 cm³/mol. The molecule has 24 heavy (non-hydrogen) atoms. The lowest BCUT2D eigenvalue weighted by molar-refractivity contribution is -0.383. The number of nitrogens with zero attached hydrogens (tertiary/aromatic N) is 1. The molecule has 2 aromatic rings. The van der Waals surface area contributed by atoms with E-state index in [1.165, 1.54) is 25.1 Å². The number of aryl methyl sites for hydroxylation is 1. The molecule has 1 amide bonds. The van der Waals surface area contributed by atoms with E-state index in [0.717, 1.165) is 5.56 Å². The first-order chi connectivity index (χ1) is 11.4. The number of benzene rings is 2. The molecule has 0 heterocycles. The molecular formula is C17H16N2O5. The van der Waals surface area contributed by atoms with E-state index >= 15 is 0 Å². The van der Waals surface area contributed by atoms with Gasteiger partial charge in [0.05, 0.1) is 10.5 Å². The van der Waals surface area contributed by atoms with Crippen molar-refractivity contribution in [1.29, 1.82) is 0 Å². The Morgan fingerprint density at radius 1 is 1.12 bits per heavy atom. The maximum absolute atomic E-state index is 12.1. The van der Waals surface area contributed by atoms with Crippen LogP contribution < -0.4 is 5.32 Å². The van der Waals surface area contributed by atoms with Gasteiger partial charge in [0.1, 0.15) is 5.69 Å². The fraction of sp³-hybridized carbons (Fsp3) is 0.176. The maximum atomic E-state index is 12.1. The van der Waals surface area contributed by atoms with E-state index in [9.17, 15) is 19.7 Å². The molecule has 7 heteroatoms. The van der Waals surface area contributed by atoms with Gasteiger partial charge in [-0.15, -0.1) is 0 Å². The van der Waals surface area contributed by atoms with Crippen molar-refractivity contribution >= 4 is 23.3 Å². The van der Waals surface area contributed by atoms with E-state index in [0.29, 0.717) is 5.56 Å². The van der Waals surface area contributed by atoms with E-state index in [1.807, 2.05) is 0 Å². The summed E-state index contributed by atoms with van der Waals surface area (Å²) in [5, 5.41) is 13.3. The minimum absolute atomic E-state index is 0.0475. The molecule has 124 valence electrons. The van der Waals surface area contributed by atoms with Gasteiger partial charge in [-0.05, 0) is 31.5 Å². The number of amides is 1. The van der Waals surface area contributed by atoms with Gasteiger partial charge in [0, 0.05) is 6.07 Å². The van der Waals surface area contributed by atoms with Crippen LogP contribution in [0, 0.1) is 17.0 Å². The highest BCUT2D eigenvalue weighted by atomic mass is 16.6. The number of carbonyl (C=O) groups excluding carboxylic acids is 2. The Bertz CT molecular complexity index is 788. The number of carbonyl (C=O) groups is 2. The maximum Gasteiger partial charge on any atom is 0.339 e. The average molecular weight is 328 g/mol. The van der Waals surface area contributed by atoms with Crippen LogP contribution in [-0.4, -0.2) is 22.9 Å². The van der Waals surface area contributed by atoms with Crippen molar-refractivity contribution in [2.75, 3.05) is 5.32 Å². The molecule has 2 rings (SSSR count). The first kappa shape index (κ1) is 17.1.